The first-order chi connectivity index (χ1) is 9.74. The van der Waals surface area contributed by atoms with Gasteiger partial charge in [-0.1, -0.05) is 12.1 Å². The van der Waals surface area contributed by atoms with Crippen molar-refractivity contribution in [2.75, 3.05) is 5.73 Å². The lowest BCUT2D eigenvalue weighted by Gasteiger charge is -2.13. The summed E-state index contributed by atoms with van der Waals surface area (Å²) in [5.74, 6) is 0. The quantitative estimate of drug-likeness (QED) is 0.763. The Balaban J connectivity index is 1.89. The first-order valence-corrected chi connectivity index (χ1v) is 6.45. The van der Waals surface area contributed by atoms with Gasteiger partial charge in [0.2, 0.25) is 0 Å². The summed E-state index contributed by atoms with van der Waals surface area (Å²) in [5, 5.41) is 11.4. The van der Waals surface area contributed by atoms with Crippen LogP contribution in [0.25, 0.3) is 10.9 Å². The van der Waals surface area contributed by atoms with Crippen LogP contribution in [0.3, 0.4) is 0 Å². The topological polar surface area (TPSA) is 72.0 Å². The van der Waals surface area contributed by atoms with Crippen molar-refractivity contribution in [2.24, 2.45) is 0 Å². The maximum atomic E-state index is 10.4. The first-order valence-electron chi connectivity index (χ1n) is 6.45. The molecule has 3 rings (SSSR count). The summed E-state index contributed by atoms with van der Waals surface area (Å²) in [6, 6.07) is 11.4. The SMILES string of the molecule is Nc1ccncc1CC(O)c1ccc2ncccc2c1. The highest BCUT2D eigenvalue weighted by Gasteiger charge is 2.11. The summed E-state index contributed by atoms with van der Waals surface area (Å²) < 4.78 is 0. The minimum Gasteiger partial charge on any atom is -0.398 e. The highest BCUT2D eigenvalue weighted by Crippen LogP contribution is 2.23. The fourth-order valence-corrected chi connectivity index (χ4v) is 2.24. The summed E-state index contributed by atoms with van der Waals surface area (Å²) in [6.45, 7) is 0. The first kappa shape index (κ1) is 12.6. The number of nitrogens with two attached hydrogens (primary N) is 1. The van der Waals surface area contributed by atoms with Gasteiger partial charge in [-0.05, 0) is 35.4 Å². The van der Waals surface area contributed by atoms with Crippen molar-refractivity contribution >= 4 is 16.6 Å². The Morgan fingerprint density at radius 1 is 1.15 bits per heavy atom. The van der Waals surface area contributed by atoms with Gasteiger partial charge in [-0.15, -0.1) is 0 Å². The molecule has 20 heavy (non-hydrogen) atoms. The zero-order chi connectivity index (χ0) is 13.9. The largest absolute Gasteiger partial charge is 0.398 e. The highest BCUT2D eigenvalue weighted by molar-refractivity contribution is 5.79. The molecule has 0 radical (unpaired) electrons. The molecule has 0 aliphatic carbocycles. The molecule has 4 nitrogen and oxygen atoms in total. The van der Waals surface area contributed by atoms with E-state index in [0.29, 0.717) is 12.1 Å². The third-order valence-electron chi connectivity index (χ3n) is 3.37. The molecule has 2 heterocycles. The van der Waals surface area contributed by atoms with Crippen LogP contribution in [0.4, 0.5) is 5.69 Å². The average Bonchev–Trinajstić information content (AvgIpc) is 2.49. The molecule has 3 aromatic rings. The molecule has 0 aliphatic heterocycles. The molecule has 1 unspecified atom stereocenters. The van der Waals surface area contributed by atoms with Gasteiger partial charge in [0, 0.05) is 36.1 Å². The molecule has 0 saturated carbocycles. The Labute approximate surface area is 116 Å². The van der Waals surface area contributed by atoms with E-state index in [1.54, 1.807) is 24.7 Å². The van der Waals surface area contributed by atoms with Crippen LogP contribution in [0.2, 0.25) is 0 Å². The summed E-state index contributed by atoms with van der Waals surface area (Å²) >= 11 is 0. The molecule has 0 spiro atoms. The van der Waals surface area contributed by atoms with Gasteiger partial charge < -0.3 is 10.8 Å². The van der Waals surface area contributed by atoms with Crippen molar-refractivity contribution in [3.05, 3.63) is 66.1 Å². The van der Waals surface area contributed by atoms with E-state index in [2.05, 4.69) is 9.97 Å². The standard InChI is InChI=1S/C16H15N3O/c17-14-5-7-18-10-13(14)9-16(20)12-3-4-15-11(8-12)2-1-6-19-15/h1-8,10,16,20H,9H2,(H2,17,18). The average molecular weight is 265 g/mol. The number of hydrogen-bond donors (Lipinski definition) is 2. The molecule has 3 N–H and O–H groups in total. The third kappa shape index (κ3) is 2.46. The monoisotopic (exact) mass is 265 g/mol. The van der Waals surface area contributed by atoms with Gasteiger partial charge in [-0.3, -0.25) is 9.97 Å². The number of benzene rings is 1. The predicted octanol–water partition coefficient (Wildman–Crippen LogP) is 2.49. The van der Waals surface area contributed by atoms with Crippen LogP contribution in [0, 0.1) is 0 Å². The molecular formula is C16H15N3O. The van der Waals surface area contributed by atoms with Gasteiger partial charge in [-0.2, -0.15) is 0 Å². The van der Waals surface area contributed by atoms with Gasteiger partial charge in [0.1, 0.15) is 0 Å². The van der Waals surface area contributed by atoms with Crippen LogP contribution >= 0.6 is 0 Å². The molecule has 0 bridgehead atoms. The Kier molecular flexibility index (Phi) is 3.31. The normalized spacial score (nSPS) is 12.4. The number of rotatable bonds is 3. The van der Waals surface area contributed by atoms with Gasteiger partial charge in [-0.25, -0.2) is 0 Å². The molecule has 0 aliphatic rings. The van der Waals surface area contributed by atoms with Crippen molar-refractivity contribution in [2.45, 2.75) is 12.5 Å². The van der Waals surface area contributed by atoms with Crippen LogP contribution in [-0.4, -0.2) is 15.1 Å². The van der Waals surface area contributed by atoms with Gasteiger partial charge in [0.05, 0.1) is 11.6 Å². The van der Waals surface area contributed by atoms with Gasteiger partial charge in [0.25, 0.3) is 0 Å². The van der Waals surface area contributed by atoms with E-state index in [1.807, 2.05) is 30.3 Å². The zero-order valence-electron chi connectivity index (χ0n) is 10.9. The second kappa shape index (κ2) is 5.27. The molecule has 0 amide bonds. The van der Waals surface area contributed by atoms with Crippen LogP contribution in [0.15, 0.2) is 55.0 Å². The number of aliphatic hydroxyl groups excluding tert-OH is 1. The number of hydrogen-bond acceptors (Lipinski definition) is 4. The van der Waals surface area contributed by atoms with Crippen LogP contribution in [-0.2, 0) is 6.42 Å². The van der Waals surface area contributed by atoms with Crippen LogP contribution in [0.5, 0.6) is 0 Å². The lowest BCUT2D eigenvalue weighted by molar-refractivity contribution is 0.178. The third-order valence-corrected chi connectivity index (χ3v) is 3.37. The minimum atomic E-state index is -0.605. The fraction of sp³-hybridized carbons (Fsp3) is 0.125. The predicted molar refractivity (Wildman–Crippen MR) is 79.1 cm³/mol. The van der Waals surface area contributed by atoms with Crippen molar-refractivity contribution < 1.29 is 5.11 Å². The molecule has 1 aromatic carbocycles. The molecule has 2 aromatic heterocycles. The number of pyridine rings is 2. The van der Waals surface area contributed by atoms with Crippen molar-refractivity contribution in [1.82, 2.24) is 9.97 Å². The zero-order valence-corrected chi connectivity index (χ0v) is 10.9. The van der Waals surface area contributed by atoms with E-state index < -0.39 is 6.10 Å². The van der Waals surface area contributed by atoms with Crippen LogP contribution in [0.1, 0.15) is 17.2 Å². The second-order valence-corrected chi connectivity index (χ2v) is 4.75. The maximum absolute atomic E-state index is 10.4. The number of anilines is 1. The number of aliphatic hydroxyl groups is 1. The molecule has 0 fully saturated rings. The van der Waals surface area contributed by atoms with E-state index in [4.69, 9.17) is 5.73 Å². The lowest BCUT2D eigenvalue weighted by Crippen LogP contribution is -2.04. The van der Waals surface area contributed by atoms with E-state index in [-0.39, 0.29) is 0 Å². The number of fused-ring (bicyclic) bond motifs is 1. The van der Waals surface area contributed by atoms with Crippen molar-refractivity contribution in [3.63, 3.8) is 0 Å². The Morgan fingerprint density at radius 2 is 2.05 bits per heavy atom. The Bertz CT molecular complexity index is 742. The molecule has 100 valence electrons. The number of nitrogens with zero attached hydrogens (tertiary/aromatic N) is 2. The maximum Gasteiger partial charge on any atom is 0.0831 e. The van der Waals surface area contributed by atoms with Crippen molar-refractivity contribution in [1.29, 1.82) is 0 Å². The smallest absolute Gasteiger partial charge is 0.0831 e. The van der Waals surface area contributed by atoms with E-state index in [1.165, 1.54) is 0 Å². The lowest BCUT2D eigenvalue weighted by atomic mass is 10.00. The second-order valence-electron chi connectivity index (χ2n) is 4.75. The van der Waals surface area contributed by atoms with Gasteiger partial charge >= 0.3 is 0 Å². The van der Waals surface area contributed by atoms with Crippen molar-refractivity contribution in [3.8, 4) is 0 Å². The van der Waals surface area contributed by atoms with E-state index in [9.17, 15) is 5.11 Å². The molecule has 0 saturated heterocycles. The Morgan fingerprint density at radius 3 is 2.90 bits per heavy atom. The highest BCUT2D eigenvalue weighted by atomic mass is 16.3. The minimum absolute atomic E-state index is 0.450. The summed E-state index contributed by atoms with van der Waals surface area (Å²) in [7, 11) is 0. The summed E-state index contributed by atoms with van der Waals surface area (Å²) in [6.07, 6.45) is 4.94. The summed E-state index contributed by atoms with van der Waals surface area (Å²) in [5.41, 5.74) is 9.16. The van der Waals surface area contributed by atoms with E-state index in [0.717, 1.165) is 22.0 Å². The molecule has 1 atom stereocenters. The summed E-state index contributed by atoms with van der Waals surface area (Å²) in [4.78, 5) is 8.31. The van der Waals surface area contributed by atoms with E-state index >= 15 is 0 Å². The fourth-order valence-electron chi connectivity index (χ4n) is 2.24. The van der Waals surface area contributed by atoms with Crippen LogP contribution < -0.4 is 5.73 Å². The number of nitrogen functional groups attached to an aromatic ring is 1. The number of aromatic nitrogens is 2. The molecule has 4 heteroatoms. The van der Waals surface area contributed by atoms with Gasteiger partial charge in [0.15, 0.2) is 0 Å². The molecular weight excluding hydrogens is 250 g/mol. The Hall–Kier alpha value is -2.46.